The Morgan fingerprint density at radius 2 is 2.32 bits per heavy atom. The second-order valence-electron chi connectivity index (χ2n) is 4.73. The van der Waals surface area contributed by atoms with Crippen molar-refractivity contribution in [2.45, 2.75) is 36.6 Å². The number of benzene rings is 1. The number of carbonyl (C=O) groups excluding carboxylic acids is 1. The number of fused-ring (bicyclic) bond motifs is 1. The number of halogens is 1. The van der Waals surface area contributed by atoms with Gasteiger partial charge in [0.15, 0.2) is 0 Å². The number of hydrogen-bond donors (Lipinski definition) is 2. The second-order valence-corrected chi connectivity index (χ2v) is 5.83. The van der Waals surface area contributed by atoms with Gasteiger partial charge in [-0.05, 0) is 43.2 Å². The largest absolute Gasteiger partial charge is 0.370 e. The Balaban J connectivity index is 1.86. The van der Waals surface area contributed by atoms with Crippen molar-refractivity contribution >= 4 is 17.7 Å². The van der Waals surface area contributed by atoms with Crippen LogP contribution in [0.15, 0.2) is 23.1 Å². The monoisotopic (exact) mass is 282 g/mol. The van der Waals surface area contributed by atoms with E-state index in [1.807, 2.05) is 6.07 Å². The van der Waals surface area contributed by atoms with E-state index in [2.05, 4.69) is 5.32 Å². The molecule has 2 rings (SSSR count). The molecule has 5 heteroatoms. The first-order valence-electron chi connectivity index (χ1n) is 6.61. The summed E-state index contributed by atoms with van der Waals surface area (Å²) in [6, 6.07) is 5.50. The van der Waals surface area contributed by atoms with Crippen LogP contribution in [0.3, 0.4) is 0 Å². The Hall–Kier alpha value is -1.07. The lowest BCUT2D eigenvalue weighted by Gasteiger charge is -2.26. The van der Waals surface area contributed by atoms with E-state index in [1.54, 1.807) is 17.8 Å². The van der Waals surface area contributed by atoms with Crippen molar-refractivity contribution < 1.29 is 9.18 Å². The van der Waals surface area contributed by atoms with E-state index in [9.17, 15) is 9.18 Å². The maximum Gasteiger partial charge on any atom is 0.217 e. The predicted molar refractivity (Wildman–Crippen MR) is 75.5 cm³/mol. The quantitative estimate of drug-likeness (QED) is 0.789. The van der Waals surface area contributed by atoms with E-state index >= 15 is 0 Å². The SMILES string of the molecule is NC(=O)CCCCNC1CCSc2c(F)cccc21. The number of nitrogens with one attached hydrogen (secondary N) is 1. The van der Waals surface area contributed by atoms with Crippen LogP contribution in [0.5, 0.6) is 0 Å². The molecule has 1 aromatic rings. The van der Waals surface area contributed by atoms with Crippen molar-refractivity contribution in [3.63, 3.8) is 0 Å². The summed E-state index contributed by atoms with van der Waals surface area (Å²) in [4.78, 5) is 11.4. The predicted octanol–water partition coefficient (Wildman–Crippen LogP) is 2.61. The zero-order valence-electron chi connectivity index (χ0n) is 10.8. The van der Waals surface area contributed by atoms with E-state index in [1.165, 1.54) is 6.07 Å². The summed E-state index contributed by atoms with van der Waals surface area (Å²) in [6.45, 7) is 0.832. The van der Waals surface area contributed by atoms with Crippen molar-refractivity contribution in [2.24, 2.45) is 5.73 Å². The summed E-state index contributed by atoms with van der Waals surface area (Å²) in [6.07, 6.45) is 3.17. The number of thioether (sulfide) groups is 1. The molecule has 1 heterocycles. The van der Waals surface area contributed by atoms with E-state index in [-0.39, 0.29) is 17.8 Å². The fraction of sp³-hybridized carbons (Fsp3) is 0.500. The molecular formula is C14H19FN2OS. The number of hydrogen-bond acceptors (Lipinski definition) is 3. The minimum absolute atomic E-state index is 0.122. The average Bonchev–Trinajstić information content (AvgIpc) is 2.39. The standard InChI is InChI=1S/C14H19FN2OS/c15-11-5-3-4-10-12(7-9-19-14(10)11)17-8-2-1-6-13(16)18/h3-5,12,17H,1-2,6-9H2,(H2,16,18). The third kappa shape index (κ3) is 3.94. The minimum atomic E-state index is -0.249. The molecule has 0 radical (unpaired) electrons. The van der Waals surface area contributed by atoms with Crippen LogP contribution in [-0.4, -0.2) is 18.2 Å². The highest BCUT2D eigenvalue weighted by Crippen LogP contribution is 2.37. The molecular weight excluding hydrogens is 263 g/mol. The fourth-order valence-corrected chi connectivity index (χ4v) is 3.44. The summed E-state index contributed by atoms with van der Waals surface area (Å²) in [5.74, 6) is 0.566. The molecule has 1 atom stereocenters. The summed E-state index contributed by atoms with van der Waals surface area (Å²) >= 11 is 1.59. The Kier molecular flexibility index (Phi) is 5.22. The number of nitrogens with two attached hydrogens (primary N) is 1. The average molecular weight is 282 g/mol. The Morgan fingerprint density at radius 1 is 1.47 bits per heavy atom. The van der Waals surface area contributed by atoms with E-state index in [0.717, 1.165) is 42.0 Å². The van der Waals surface area contributed by atoms with Crippen LogP contribution in [0.25, 0.3) is 0 Å². The minimum Gasteiger partial charge on any atom is -0.370 e. The van der Waals surface area contributed by atoms with Crippen molar-refractivity contribution in [3.8, 4) is 0 Å². The molecule has 0 bridgehead atoms. The van der Waals surface area contributed by atoms with Crippen LogP contribution >= 0.6 is 11.8 Å². The lowest BCUT2D eigenvalue weighted by molar-refractivity contribution is -0.118. The van der Waals surface area contributed by atoms with Crippen LogP contribution in [0, 0.1) is 5.82 Å². The lowest BCUT2D eigenvalue weighted by Crippen LogP contribution is -2.26. The number of rotatable bonds is 6. The Morgan fingerprint density at radius 3 is 3.11 bits per heavy atom. The molecule has 0 aromatic heterocycles. The van der Waals surface area contributed by atoms with E-state index in [4.69, 9.17) is 5.73 Å². The topological polar surface area (TPSA) is 55.1 Å². The first-order chi connectivity index (χ1) is 9.18. The van der Waals surface area contributed by atoms with Gasteiger partial charge < -0.3 is 11.1 Å². The third-order valence-electron chi connectivity index (χ3n) is 3.27. The molecule has 19 heavy (non-hydrogen) atoms. The molecule has 3 nitrogen and oxygen atoms in total. The molecule has 1 amide bonds. The number of amides is 1. The maximum atomic E-state index is 13.7. The molecule has 0 saturated carbocycles. The summed E-state index contributed by atoms with van der Waals surface area (Å²) in [5.41, 5.74) is 6.15. The van der Waals surface area contributed by atoms with E-state index < -0.39 is 0 Å². The van der Waals surface area contributed by atoms with Crippen LogP contribution in [0.4, 0.5) is 4.39 Å². The van der Waals surface area contributed by atoms with Gasteiger partial charge in [0.2, 0.25) is 5.91 Å². The van der Waals surface area contributed by atoms with Crippen molar-refractivity contribution in [1.82, 2.24) is 5.32 Å². The highest BCUT2D eigenvalue weighted by molar-refractivity contribution is 7.99. The van der Waals surface area contributed by atoms with Gasteiger partial charge >= 0.3 is 0 Å². The first-order valence-corrected chi connectivity index (χ1v) is 7.60. The highest BCUT2D eigenvalue weighted by atomic mass is 32.2. The van der Waals surface area contributed by atoms with Gasteiger partial charge in [-0.25, -0.2) is 4.39 Å². The maximum absolute atomic E-state index is 13.7. The molecule has 1 aliphatic rings. The summed E-state index contributed by atoms with van der Waals surface area (Å²) in [5, 5.41) is 3.45. The Labute approximate surface area is 117 Å². The smallest absolute Gasteiger partial charge is 0.217 e. The second kappa shape index (κ2) is 6.91. The van der Waals surface area contributed by atoms with Crippen LogP contribution < -0.4 is 11.1 Å². The number of primary amides is 1. The molecule has 1 unspecified atom stereocenters. The van der Waals surface area contributed by atoms with Crippen LogP contribution in [0.2, 0.25) is 0 Å². The molecule has 0 spiro atoms. The lowest BCUT2D eigenvalue weighted by atomic mass is 10.0. The zero-order chi connectivity index (χ0) is 13.7. The molecule has 1 aliphatic heterocycles. The highest BCUT2D eigenvalue weighted by Gasteiger charge is 2.22. The van der Waals surface area contributed by atoms with Gasteiger partial charge in [0.1, 0.15) is 5.82 Å². The van der Waals surface area contributed by atoms with Gasteiger partial charge in [-0.1, -0.05) is 12.1 Å². The first kappa shape index (κ1) is 14.3. The van der Waals surface area contributed by atoms with Gasteiger partial charge in [0.25, 0.3) is 0 Å². The third-order valence-corrected chi connectivity index (χ3v) is 4.43. The van der Waals surface area contributed by atoms with E-state index in [0.29, 0.717) is 6.42 Å². The van der Waals surface area contributed by atoms with Crippen LogP contribution in [-0.2, 0) is 4.79 Å². The van der Waals surface area contributed by atoms with Gasteiger partial charge in [-0.15, -0.1) is 11.8 Å². The molecule has 0 fully saturated rings. The molecule has 0 saturated heterocycles. The molecule has 1 aromatic carbocycles. The molecule has 104 valence electrons. The van der Waals surface area contributed by atoms with Gasteiger partial charge in [0, 0.05) is 17.4 Å². The normalized spacial score (nSPS) is 18.1. The molecule has 3 N–H and O–H groups in total. The number of unbranched alkanes of at least 4 members (excludes halogenated alkanes) is 1. The van der Waals surface area contributed by atoms with Crippen molar-refractivity contribution in [2.75, 3.05) is 12.3 Å². The summed E-state index contributed by atoms with van der Waals surface area (Å²) < 4.78 is 13.7. The Bertz CT molecular complexity index is 453. The summed E-state index contributed by atoms with van der Waals surface area (Å²) in [7, 11) is 0. The van der Waals surface area contributed by atoms with Gasteiger partial charge in [-0.3, -0.25) is 4.79 Å². The van der Waals surface area contributed by atoms with Crippen molar-refractivity contribution in [1.29, 1.82) is 0 Å². The van der Waals surface area contributed by atoms with Crippen LogP contribution in [0.1, 0.15) is 37.3 Å². The zero-order valence-corrected chi connectivity index (χ0v) is 11.6. The fourth-order valence-electron chi connectivity index (χ4n) is 2.30. The number of carbonyl (C=O) groups is 1. The van der Waals surface area contributed by atoms with Gasteiger partial charge in [-0.2, -0.15) is 0 Å². The molecule has 0 aliphatic carbocycles. The van der Waals surface area contributed by atoms with Gasteiger partial charge in [0.05, 0.1) is 0 Å². The van der Waals surface area contributed by atoms with Crippen molar-refractivity contribution in [3.05, 3.63) is 29.6 Å².